The molecule has 3 aromatic rings. The molecule has 2 aliphatic heterocycles. The number of piperidine rings is 1. The molecule has 4 heterocycles. The van der Waals surface area contributed by atoms with E-state index in [1.807, 2.05) is 5.32 Å². The number of rotatable bonds is 4. The van der Waals surface area contributed by atoms with E-state index in [4.69, 9.17) is 23.2 Å². The smallest absolute Gasteiger partial charge is 0.373 e. The van der Waals surface area contributed by atoms with Crippen LogP contribution < -0.4 is 10.2 Å². The van der Waals surface area contributed by atoms with Gasteiger partial charge >= 0.3 is 6.18 Å². The Kier molecular flexibility index (Phi) is 6.45. The van der Waals surface area contributed by atoms with Gasteiger partial charge < -0.3 is 20.2 Å². The number of amides is 2. The first-order valence-corrected chi connectivity index (χ1v) is 12.1. The number of anilines is 1. The number of carbonyl (C=O) groups excluding carboxylic acids is 2. The standard InChI is InChI=1S/C23H21Cl2F3N6O3/c24-12-1-4-16-18(19(12)25)22(21(37)34(16)10-17(35)29-11-23(26,27)28)5-7-33(8-6-22)20(36)14-3-2-13-15(31-14)9-30-32-13/h1-4,9,21,37H,5-8,10-11H2,(H,29,35)(H,30,32). The predicted octanol–water partition coefficient (Wildman–Crippen LogP) is 3.26. The molecule has 14 heteroatoms. The van der Waals surface area contributed by atoms with E-state index in [2.05, 4.69) is 15.2 Å². The number of likely N-dealkylation sites (tertiary alicyclic amines) is 1. The maximum Gasteiger partial charge on any atom is 0.405 e. The van der Waals surface area contributed by atoms with E-state index in [9.17, 15) is 27.9 Å². The van der Waals surface area contributed by atoms with Gasteiger partial charge in [0.15, 0.2) is 0 Å². The Bertz CT molecular complexity index is 1370. The number of aliphatic hydroxyl groups is 1. The molecular formula is C23H21Cl2F3N6O3. The molecule has 1 unspecified atom stereocenters. The van der Waals surface area contributed by atoms with Gasteiger partial charge in [0, 0.05) is 29.8 Å². The lowest BCUT2D eigenvalue weighted by Gasteiger charge is -2.42. The minimum Gasteiger partial charge on any atom is -0.373 e. The first-order chi connectivity index (χ1) is 17.5. The quantitative estimate of drug-likeness (QED) is 0.454. The molecule has 0 saturated carbocycles. The largest absolute Gasteiger partial charge is 0.405 e. The Morgan fingerprint density at radius 2 is 1.92 bits per heavy atom. The van der Waals surface area contributed by atoms with Gasteiger partial charge in [-0.15, -0.1) is 0 Å². The van der Waals surface area contributed by atoms with Crippen molar-refractivity contribution in [2.75, 3.05) is 31.1 Å². The molecule has 1 saturated heterocycles. The third-order valence-corrected chi connectivity index (χ3v) is 7.73. The number of hydrogen-bond donors (Lipinski definition) is 3. The lowest BCUT2D eigenvalue weighted by atomic mass is 9.73. The SMILES string of the molecule is O=C(CN1c2ccc(Cl)c(Cl)c2C2(CCN(C(=O)c3ccc4[nH]ncc4n3)CC2)C1O)NCC(F)(F)F. The maximum absolute atomic E-state index is 13.1. The zero-order valence-electron chi connectivity index (χ0n) is 19.1. The van der Waals surface area contributed by atoms with Crippen LogP contribution in [0, 0.1) is 0 Å². The monoisotopic (exact) mass is 556 g/mol. The highest BCUT2D eigenvalue weighted by atomic mass is 35.5. The van der Waals surface area contributed by atoms with Crippen LogP contribution in [0.4, 0.5) is 18.9 Å². The summed E-state index contributed by atoms with van der Waals surface area (Å²) in [7, 11) is 0. The van der Waals surface area contributed by atoms with E-state index < -0.39 is 36.8 Å². The van der Waals surface area contributed by atoms with Crippen LogP contribution >= 0.6 is 23.2 Å². The molecule has 2 amide bonds. The van der Waals surface area contributed by atoms with E-state index >= 15 is 0 Å². The van der Waals surface area contributed by atoms with Gasteiger partial charge in [-0.1, -0.05) is 23.2 Å². The Hall–Kier alpha value is -3.09. The Balaban J connectivity index is 1.38. The second kappa shape index (κ2) is 9.34. The van der Waals surface area contributed by atoms with Gasteiger partial charge in [-0.2, -0.15) is 18.3 Å². The summed E-state index contributed by atoms with van der Waals surface area (Å²) in [6.45, 7) is -1.50. The van der Waals surface area contributed by atoms with Crippen LogP contribution in [-0.4, -0.2) is 75.6 Å². The van der Waals surface area contributed by atoms with Crippen molar-refractivity contribution in [2.45, 2.75) is 30.7 Å². The number of fused-ring (bicyclic) bond motifs is 3. The van der Waals surface area contributed by atoms with Gasteiger partial charge in [0.2, 0.25) is 5.91 Å². The summed E-state index contributed by atoms with van der Waals surface area (Å²) in [5.74, 6) is -1.19. The normalized spacial score (nSPS) is 18.9. The average molecular weight is 557 g/mol. The van der Waals surface area contributed by atoms with Gasteiger partial charge in [-0.25, -0.2) is 4.98 Å². The fourth-order valence-corrected chi connectivity index (χ4v) is 5.63. The Morgan fingerprint density at radius 1 is 1.19 bits per heavy atom. The van der Waals surface area contributed by atoms with Gasteiger partial charge in [0.1, 0.15) is 24.0 Å². The third-order valence-electron chi connectivity index (χ3n) is 6.93. The number of aromatic nitrogens is 3. The van der Waals surface area contributed by atoms with Crippen LogP contribution in [0.3, 0.4) is 0 Å². The number of benzene rings is 1. The van der Waals surface area contributed by atoms with Crippen LogP contribution in [0.15, 0.2) is 30.5 Å². The number of nitrogens with one attached hydrogen (secondary N) is 2. The Morgan fingerprint density at radius 3 is 2.62 bits per heavy atom. The molecule has 0 bridgehead atoms. The van der Waals surface area contributed by atoms with Crippen molar-refractivity contribution in [3.05, 3.63) is 51.8 Å². The van der Waals surface area contributed by atoms with E-state index in [-0.39, 0.29) is 47.6 Å². The highest BCUT2D eigenvalue weighted by Gasteiger charge is 2.54. The summed E-state index contributed by atoms with van der Waals surface area (Å²) in [6.07, 6.45) is -3.75. The van der Waals surface area contributed by atoms with Crippen molar-refractivity contribution >= 4 is 51.7 Å². The topological polar surface area (TPSA) is 114 Å². The van der Waals surface area contributed by atoms with E-state index in [1.165, 1.54) is 17.2 Å². The van der Waals surface area contributed by atoms with Crippen molar-refractivity contribution < 1.29 is 27.9 Å². The fourth-order valence-electron chi connectivity index (χ4n) is 5.12. The summed E-state index contributed by atoms with van der Waals surface area (Å²) >= 11 is 12.8. The Labute approximate surface area is 218 Å². The summed E-state index contributed by atoms with van der Waals surface area (Å²) in [5, 5.41) is 20.4. The first-order valence-electron chi connectivity index (χ1n) is 11.4. The van der Waals surface area contributed by atoms with Gasteiger partial charge in [-0.05, 0) is 37.1 Å². The van der Waals surface area contributed by atoms with Crippen LogP contribution in [0.25, 0.3) is 11.0 Å². The van der Waals surface area contributed by atoms with Gasteiger partial charge in [0.05, 0.1) is 28.3 Å². The summed E-state index contributed by atoms with van der Waals surface area (Å²) < 4.78 is 37.7. The molecular weight excluding hydrogens is 536 g/mol. The summed E-state index contributed by atoms with van der Waals surface area (Å²) in [4.78, 5) is 32.7. The second-order valence-electron chi connectivity index (χ2n) is 9.10. The van der Waals surface area contributed by atoms with Crippen LogP contribution in [0.2, 0.25) is 10.0 Å². The van der Waals surface area contributed by atoms with E-state index in [0.29, 0.717) is 22.3 Å². The van der Waals surface area contributed by atoms with Crippen molar-refractivity contribution in [1.29, 1.82) is 0 Å². The zero-order chi connectivity index (χ0) is 26.5. The van der Waals surface area contributed by atoms with Gasteiger partial charge in [0.25, 0.3) is 5.91 Å². The van der Waals surface area contributed by atoms with E-state index in [1.54, 1.807) is 23.1 Å². The molecule has 9 nitrogen and oxygen atoms in total. The number of nitrogens with zero attached hydrogens (tertiary/aromatic N) is 4. The highest BCUT2D eigenvalue weighted by Crippen LogP contribution is 2.54. The second-order valence-corrected chi connectivity index (χ2v) is 9.88. The molecule has 0 radical (unpaired) electrons. The predicted molar refractivity (Wildman–Crippen MR) is 130 cm³/mol. The molecule has 3 N–H and O–H groups in total. The number of hydrogen-bond acceptors (Lipinski definition) is 6. The molecule has 1 fully saturated rings. The minimum absolute atomic E-state index is 0.197. The number of halogens is 5. The molecule has 1 atom stereocenters. The number of H-pyrrole nitrogens is 1. The van der Waals surface area contributed by atoms with Crippen LogP contribution in [0.1, 0.15) is 28.9 Å². The number of alkyl halides is 3. The first kappa shape index (κ1) is 25.6. The molecule has 5 rings (SSSR count). The minimum atomic E-state index is -4.56. The molecule has 1 spiro atoms. The third kappa shape index (κ3) is 4.57. The van der Waals surface area contributed by atoms with Crippen molar-refractivity contribution in [2.24, 2.45) is 0 Å². The zero-order valence-corrected chi connectivity index (χ0v) is 20.7. The molecule has 196 valence electrons. The highest BCUT2D eigenvalue weighted by molar-refractivity contribution is 6.43. The summed E-state index contributed by atoms with van der Waals surface area (Å²) in [5.41, 5.74) is 1.45. The number of pyridine rings is 1. The fraction of sp³-hybridized carbons (Fsp3) is 0.391. The van der Waals surface area contributed by atoms with E-state index in [0.717, 1.165) is 0 Å². The lowest BCUT2D eigenvalue weighted by Crippen LogP contribution is -2.54. The van der Waals surface area contributed by atoms with Crippen LogP contribution in [0.5, 0.6) is 0 Å². The lowest BCUT2D eigenvalue weighted by molar-refractivity contribution is -0.137. The molecule has 2 aromatic heterocycles. The summed E-state index contributed by atoms with van der Waals surface area (Å²) in [6, 6.07) is 6.41. The average Bonchev–Trinajstić information content (AvgIpc) is 3.42. The number of carbonyl (C=O) groups is 2. The van der Waals surface area contributed by atoms with Crippen molar-refractivity contribution in [3.63, 3.8) is 0 Å². The molecule has 1 aromatic carbocycles. The number of aliphatic hydroxyl groups excluding tert-OH is 1. The van der Waals surface area contributed by atoms with Gasteiger partial charge in [-0.3, -0.25) is 14.7 Å². The van der Waals surface area contributed by atoms with Crippen molar-refractivity contribution in [1.82, 2.24) is 25.4 Å². The van der Waals surface area contributed by atoms with Crippen LogP contribution in [-0.2, 0) is 10.2 Å². The number of aromatic amines is 1. The maximum atomic E-state index is 13.1. The molecule has 37 heavy (non-hydrogen) atoms. The molecule has 2 aliphatic rings. The molecule has 0 aliphatic carbocycles. The van der Waals surface area contributed by atoms with Crippen molar-refractivity contribution in [3.8, 4) is 0 Å².